The zero-order valence-electron chi connectivity index (χ0n) is 29.4. The molecule has 248 valence electrons. The van der Waals surface area contributed by atoms with Gasteiger partial charge in [0.2, 0.25) is 0 Å². The molecule has 0 heterocycles. The predicted octanol–water partition coefficient (Wildman–Crippen LogP) is 5.43. The zero-order chi connectivity index (χ0) is 30.9. The van der Waals surface area contributed by atoms with Crippen molar-refractivity contribution >= 4 is 5.97 Å². The Morgan fingerprint density at radius 1 is 0.837 bits per heavy atom. The van der Waals surface area contributed by atoms with E-state index in [-0.39, 0.29) is 56.1 Å². The summed E-state index contributed by atoms with van der Waals surface area (Å²) < 4.78 is 7.35. The fraction of sp³-hybridized carbons (Fsp3) is 0.921. The number of hydrogen-bond donors (Lipinski definition) is 1. The second-order valence-corrected chi connectivity index (χ2v) is 17.4. The van der Waals surface area contributed by atoms with E-state index in [4.69, 9.17) is 4.74 Å². The van der Waals surface area contributed by atoms with Gasteiger partial charge < -0.3 is 31.3 Å². The third-order valence-corrected chi connectivity index (χ3v) is 16.3. The highest BCUT2D eigenvalue weighted by molar-refractivity contribution is 5.78. The molecule has 0 aromatic carbocycles. The van der Waals surface area contributed by atoms with Crippen LogP contribution in [-0.2, 0) is 9.53 Å². The lowest BCUT2D eigenvalue weighted by atomic mass is 9.32. The first kappa shape index (κ1) is 35.5. The van der Waals surface area contributed by atoms with Crippen LogP contribution in [0.3, 0.4) is 0 Å². The molecule has 10 atom stereocenters. The number of quaternary nitrogens is 1. The number of halogens is 1. The monoisotopic (exact) mass is 663 g/mol. The minimum Gasteiger partial charge on any atom is -1.00 e. The molecule has 5 aliphatic rings. The molecule has 1 N–H and O–H groups in total. The minimum absolute atomic E-state index is 0. The number of carbonyl (C=O) groups excluding carboxylic acids is 1. The van der Waals surface area contributed by atoms with Crippen molar-refractivity contribution in [1.82, 2.24) is 0 Å². The Labute approximate surface area is 275 Å². The van der Waals surface area contributed by atoms with Gasteiger partial charge in [-0.1, -0.05) is 46.8 Å². The number of carbonyl (C=O) groups is 1. The molecule has 0 bridgehead atoms. The maximum absolute atomic E-state index is 14.3. The smallest absolute Gasteiger partial charge is 0.312 e. The summed E-state index contributed by atoms with van der Waals surface area (Å²) in [6.45, 7) is 30.9. The van der Waals surface area contributed by atoms with E-state index in [1.165, 1.54) is 31.3 Å². The summed E-state index contributed by atoms with van der Waals surface area (Å²) in [6, 6.07) is 0. The van der Waals surface area contributed by atoms with Crippen molar-refractivity contribution in [2.75, 3.05) is 32.8 Å². The molecule has 0 spiro atoms. The Kier molecular flexibility index (Phi) is 9.90. The minimum atomic E-state index is -0.338. The fourth-order valence-electron chi connectivity index (χ4n) is 13.1. The summed E-state index contributed by atoms with van der Waals surface area (Å²) in [4.78, 5) is 14.3. The predicted molar refractivity (Wildman–Crippen MR) is 173 cm³/mol. The third kappa shape index (κ3) is 4.97. The molecular weight excluding hydrogens is 598 g/mol. The molecule has 5 heteroatoms. The summed E-state index contributed by atoms with van der Waals surface area (Å²) in [6.07, 6.45) is 11.1. The Balaban J connectivity index is 0.00000423. The molecule has 0 aromatic heterocycles. The molecule has 5 aliphatic carbocycles. The number of fused-ring (bicyclic) bond motifs is 7. The van der Waals surface area contributed by atoms with Crippen LogP contribution in [-0.4, -0.2) is 54.4 Å². The molecule has 3 unspecified atom stereocenters. The van der Waals surface area contributed by atoms with E-state index < -0.39 is 0 Å². The maximum Gasteiger partial charge on any atom is 0.312 e. The number of likely N-dealkylation sites (N-methyl/N-ethyl adjacent to an activating group) is 1. The van der Waals surface area contributed by atoms with Gasteiger partial charge in [-0.15, -0.1) is 0 Å². The second kappa shape index (κ2) is 12.0. The number of ether oxygens (including phenoxy) is 1. The maximum atomic E-state index is 14.3. The van der Waals surface area contributed by atoms with E-state index in [0.717, 1.165) is 69.2 Å². The van der Waals surface area contributed by atoms with E-state index in [9.17, 15) is 9.90 Å². The largest absolute Gasteiger partial charge is 1.00 e. The highest BCUT2D eigenvalue weighted by atomic mass is 79.9. The van der Waals surface area contributed by atoms with Gasteiger partial charge >= 0.3 is 5.97 Å². The summed E-state index contributed by atoms with van der Waals surface area (Å²) in [5.41, 5.74) is 1.69. The van der Waals surface area contributed by atoms with Crippen LogP contribution in [0.25, 0.3) is 0 Å². The molecule has 0 aliphatic heterocycles. The third-order valence-electron chi connectivity index (χ3n) is 16.3. The number of rotatable bonds is 8. The Hall–Kier alpha value is -0.390. The van der Waals surface area contributed by atoms with Crippen LogP contribution in [0.2, 0.25) is 0 Å². The van der Waals surface area contributed by atoms with Crippen molar-refractivity contribution in [2.45, 2.75) is 133 Å². The van der Waals surface area contributed by atoms with Crippen LogP contribution in [0, 0.1) is 56.7 Å². The standard InChI is InChI=1S/C38H66NO3.BrH/c1-11-39(12-2,13-3)24-25-42-33(41)38-21-16-27(26(4)5)32(38)28-14-15-30-35(8)19-18-31(40)34(6,7)29(35)17-20-37(30,10)36(28,9)22-23-38;/h27-32,40H,4,11-25H2,1-3,5-10H3;1H/q+1;/p-1/t27-,28?,29?,30?,31-,32+,35-,36+,37+,38-;/m0./s1. The molecule has 5 rings (SSSR count). The molecule has 43 heavy (non-hydrogen) atoms. The number of aliphatic hydroxyl groups is 1. The fourth-order valence-corrected chi connectivity index (χ4v) is 13.1. The van der Waals surface area contributed by atoms with Gasteiger partial charge in [0.15, 0.2) is 0 Å². The molecule has 0 aromatic rings. The lowest BCUT2D eigenvalue weighted by Crippen LogP contribution is -3.00. The lowest BCUT2D eigenvalue weighted by molar-refractivity contribution is -0.923. The first-order valence-electron chi connectivity index (χ1n) is 18.0. The highest BCUT2D eigenvalue weighted by Crippen LogP contribution is 2.77. The van der Waals surface area contributed by atoms with Crippen molar-refractivity contribution in [1.29, 1.82) is 0 Å². The van der Waals surface area contributed by atoms with Crippen molar-refractivity contribution in [2.24, 2.45) is 56.7 Å². The van der Waals surface area contributed by atoms with Crippen molar-refractivity contribution in [3.8, 4) is 0 Å². The van der Waals surface area contributed by atoms with Crippen molar-refractivity contribution in [3.05, 3.63) is 12.2 Å². The van der Waals surface area contributed by atoms with Crippen LogP contribution in [0.15, 0.2) is 12.2 Å². The first-order chi connectivity index (χ1) is 19.6. The molecule has 0 amide bonds. The second-order valence-electron chi connectivity index (χ2n) is 17.4. The number of esters is 1. The van der Waals surface area contributed by atoms with Crippen molar-refractivity contribution < 1.29 is 36.1 Å². The van der Waals surface area contributed by atoms with E-state index >= 15 is 0 Å². The Bertz CT molecular complexity index is 1050. The quantitative estimate of drug-likeness (QED) is 0.214. The number of nitrogens with zero attached hydrogens (tertiary/aromatic N) is 1. The summed E-state index contributed by atoms with van der Waals surface area (Å²) >= 11 is 0. The van der Waals surface area contributed by atoms with E-state index in [1.807, 2.05) is 0 Å². The van der Waals surface area contributed by atoms with E-state index in [0.29, 0.717) is 36.2 Å². The molecule has 5 fully saturated rings. The van der Waals surface area contributed by atoms with E-state index in [1.54, 1.807) is 0 Å². The Morgan fingerprint density at radius 3 is 2.09 bits per heavy atom. The molecular formula is C38H66BrNO3. The van der Waals surface area contributed by atoms with Gasteiger partial charge in [0.05, 0.1) is 31.2 Å². The number of allylic oxidation sites excluding steroid dienone is 1. The highest BCUT2D eigenvalue weighted by Gasteiger charge is 2.72. The van der Waals surface area contributed by atoms with Gasteiger partial charge in [-0.3, -0.25) is 4.79 Å². The zero-order valence-corrected chi connectivity index (χ0v) is 31.0. The van der Waals surface area contributed by atoms with Gasteiger partial charge in [0, 0.05) is 0 Å². The summed E-state index contributed by atoms with van der Waals surface area (Å²) in [7, 11) is 0. The first-order valence-corrected chi connectivity index (χ1v) is 18.0. The number of aliphatic hydroxyl groups excluding tert-OH is 1. The molecule has 5 saturated carbocycles. The van der Waals surface area contributed by atoms with Gasteiger partial charge in [0.25, 0.3) is 0 Å². The molecule has 0 radical (unpaired) electrons. The number of hydrogen-bond acceptors (Lipinski definition) is 3. The SMILES string of the molecule is C=C(C)[C@@H]1CC[C@]2(C(=O)OCC[N+](CC)(CC)CC)CC[C@]3(C)C(CCC4[C@@]5(C)CC[C@H](O)C(C)(C)C5CC[C@]43C)[C@@H]12.[Br-]. The van der Waals surface area contributed by atoms with Crippen LogP contribution in [0.4, 0.5) is 0 Å². The molecule has 4 nitrogen and oxygen atoms in total. The lowest BCUT2D eigenvalue weighted by Gasteiger charge is -2.72. The van der Waals surface area contributed by atoms with Gasteiger partial charge in [0.1, 0.15) is 13.2 Å². The molecule has 0 saturated heterocycles. The summed E-state index contributed by atoms with van der Waals surface area (Å²) in [5, 5.41) is 11.0. The normalized spacial score (nSPS) is 45.1. The van der Waals surface area contributed by atoms with Gasteiger partial charge in [-0.2, -0.15) is 0 Å². The van der Waals surface area contributed by atoms with Crippen LogP contribution < -0.4 is 17.0 Å². The Morgan fingerprint density at radius 2 is 1.49 bits per heavy atom. The van der Waals surface area contributed by atoms with Crippen LogP contribution in [0.5, 0.6) is 0 Å². The van der Waals surface area contributed by atoms with Gasteiger partial charge in [-0.25, -0.2) is 0 Å². The topological polar surface area (TPSA) is 46.5 Å². The average molecular weight is 665 g/mol. The summed E-state index contributed by atoms with van der Waals surface area (Å²) in [5.74, 6) is 2.71. The van der Waals surface area contributed by atoms with Gasteiger partial charge in [-0.05, 0) is 143 Å². The van der Waals surface area contributed by atoms with Crippen molar-refractivity contribution in [3.63, 3.8) is 0 Å². The van der Waals surface area contributed by atoms with Crippen LogP contribution in [0.1, 0.15) is 127 Å². The van der Waals surface area contributed by atoms with E-state index in [2.05, 4.69) is 68.9 Å². The average Bonchev–Trinajstić information content (AvgIpc) is 3.35. The van der Waals surface area contributed by atoms with Crippen LogP contribution >= 0.6 is 0 Å².